The van der Waals surface area contributed by atoms with Crippen LogP contribution in [-0.4, -0.2) is 50.9 Å². The molecule has 0 aliphatic carbocycles. The van der Waals surface area contributed by atoms with Gasteiger partial charge in [-0.1, -0.05) is 26.0 Å². The molecule has 1 heterocycles. The second kappa shape index (κ2) is 9.90. The van der Waals surface area contributed by atoms with Crippen LogP contribution in [0, 0.1) is 0 Å². The number of ether oxygens (including phenoxy) is 1. The van der Waals surface area contributed by atoms with Crippen molar-refractivity contribution in [1.29, 1.82) is 0 Å². The third kappa shape index (κ3) is 5.46. The number of carbonyl (C=O) groups is 1. The first-order chi connectivity index (χ1) is 13.3. The number of urea groups is 1. The Kier molecular flexibility index (Phi) is 7.85. The Labute approximate surface area is 171 Å². The molecular formula is C19H27N3O4S2. The van der Waals surface area contributed by atoms with Crippen molar-refractivity contribution >= 4 is 27.4 Å². The van der Waals surface area contributed by atoms with Gasteiger partial charge in [0.1, 0.15) is 9.96 Å². The Balaban J connectivity index is 1.95. The summed E-state index contributed by atoms with van der Waals surface area (Å²) in [6, 6.07) is 10.6. The summed E-state index contributed by atoms with van der Waals surface area (Å²) in [5.74, 6) is 0.742. The Morgan fingerprint density at radius 1 is 1.18 bits per heavy atom. The maximum Gasteiger partial charge on any atom is 0.317 e. The van der Waals surface area contributed by atoms with Gasteiger partial charge in [0, 0.05) is 31.6 Å². The van der Waals surface area contributed by atoms with Gasteiger partial charge in [-0.3, -0.25) is 0 Å². The minimum atomic E-state index is -3.47. The molecule has 0 spiro atoms. The standard InChI is InChI=1S/C19H27N3O4S2/c1-5-22(6-2)28(24,25)18-11-10-17(27-18)13-20-19(23)21(3)14-15-8-7-9-16(12-15)26-4/h7-12H,5-6,13-14H2,1-4H3,(H,20,23). The van der Waals surface area contributed by atoms with E-state index in [2.05, 4.69) is 5.32 Å². The van der Waals surface area contributed by atoms with E-state index in [1.165, 1.54) is 15.6 Å². The SMILES string of the molecule is CCN(CC)S(=O)(=O)c1ccc(CNC(=O)N(C)Cc2cccc(OC)c2)s1. The molecule has 0 unspecified atom stereocenters. The van der Waals surface area contributed by atoms with E-state index >= 15 is 0 Å². The Bertz CT molecular complexity index is 892. The fraction of sp³-hybridized carbons (Fsp3) is 0.421. The number of nitrogens with one attached hydrogen (secondary N) is 1. The third-order valence-electron chi connectivity index (χ3n) is 4.25. The van der Waals surface area contributed by atoms with Gasteiger partial charge in [-0.05, 0) is 29.8 Å². The molecule has 0 bridgehead atoms. The molecule has 2 rings (SSSR count). The normalized spacial score (nSPS) is 11.5. The van der Waals surface area contributed by atoms with Gasteiger partial charge in [0.2, 0.25) is 0 Å². The second-order valence-electron chi connectivity index (χ2n) is 6.18. The van der Waals surface area contributed by atoms with Crippen LogP contribution in [0.5, 0.6) is 5.75 Å². The van der Waals surface area contributed by atoms with Gasteiger partial charge in [0.05, 0.1) is 13.7 Å². The van der Waals surface area contributed by atoms with Gasteiger partial charge in [-0.2, -0.15) is 4.31 Å². The number of thiophene rings is 1. The zero-order valence-corrected chi connectivity index (χ0v) is 18.3. The molecule has 1 aromatic heterocycles. The summed E-state index contributed by atoms with van der Waals surface area (Å²) in [7, 11) is -0.155. The lowest BCUT2D eigenvalue weighted by molar-refractivity contribution is 0.206. The average Bonchev–Trinajstić information content (AvgIpc) is 3.17. The molecule has 9 heteroatoms. The van der Waals surface area contributed by atoms with E-state index in [-0.39, 0.29) is 12.6 Å². The van der Waals surface area contributed by atoms with Crippen molar-refractivity contribution in [2.45, 2.75) is 31.1 Å². The maximum atomic E-state index is 12.5. The minimum absolute atomic E-state index is 0.232. The molecule has 0 radical (unpaired) electrons. The van der Waals surface area contributed by atoms with Crippen LogP contribution >= 0.6 is 11.3 Å². The molecule has 0 aliphatic heterocycles. The van der Waals surface area contributed by atoms with Gasteiger partial charge in [0.15, 0.2) is 0 Å². The number of rotatable bonds is 9. The Morgan fingerprint density at radius 3 is 2.54 bits per heavy atom. The molecule has 2 aromatic rings. The summed E-state index contributed by atoms with van der Waals surface area (Å²) in [6.45, 7) is 5.20. The molecule has 7 nitrogen and oxygen atoms in total. The number of carbonyl (C=O) groups excluding carboxylic acids is 1. The predicted molar refractivity (Wildman–Crippen MR) is 111 cm³/mol. The van der Waals surface area contributed by atoms with Crippen LogP contribution in [0.2, 0.25) is 0 Å². The van der Waals surface area contributed by atoms with E-state index in [0.717, 1.165) is 16.2 Å². The minimum Gasteiger partial charge on any atom is -0.497 e. The summed E-state index contributed by atoms with van der Waals surface area (Å²) in [6.07, 6.45) is 0. The number of hydrogen-bond donors (Lipinski definition) is 1. The monoisotopic (exact) mass is 425 g/mol. The van der Waals surface area contributed by atoms with Crippen molar-refractivity contribution in [2.75, 3.05) is 27.2 Å². The number of amides is 2. The van der Waals surface area contributed by atoms with E-state index in [1.807, 2.05) is 38.1 Å². The van der Waals surface area contributed by atoms with Crippen LogP contribution in [0.3, 0.4) is 0 Å². The van der Waals surface area contributed by atoms with Crippen LogP contribution in [0.15, 0.2) is 40.6 Å². The lowest BCUT2D eigenvalue weighted by atomic mass is 10.2. The van der Waals surface area contributed by atoms with Gasteiger partial charge >= 0.3 is 6.03 Å². The van der Waals surface area contributed by atoms with Crippen LogP contribution in [-0.2, 0) is 23.1 Å². The molecule has 0 fully saturated rings. The highest BCUT2D eigenvalue weighted by molar-refractivity contribution is 7.91. The summed E-state index contributed by atoms with van der Waals surface area (Å²) in [5, 5.41) is 2.83. The van der Waals surface area contributed by atoms with Crippen LogP contribution < -0.4 is 10.1 Å². The zero-order chi connectivity index (χ0) is 20.7. The molecule has 0 saturated heterocycles. The lowest BCUT2D eigenvalue weighted by Crippen LogP contribution is -2.36. The highest BCUT2D eigenvalue weighted by Gasteiger charge is 2.23. The van der Waals surface area contributed by atoms with Crippen molar-refractivity contribution < 1.29 is 17.9 Å². The summed E-state index contributed by atoms with van der Waals surface area (Å²) in [4.78, 5) is 14.7. The lowest BCUT2D eigenvalue weighted by Gasteiger charge is -2.18. The Hall–Kier alpha value is -2.10. The first-order valence-corrected chi connectivity index (χ1v) is 11.3. The highest BCUT2D eigenvalue weighted by Crippen LogP contribution is 2.25. The topological polar surface area (TPSA) is 79.0 Å². The highest BCUT2D eigenvalue weighted by atomic mass is 32.2. The van der Waals surface area contributed by atoms with Crippen LogP contribution in [0.4, 0.5) is 4.79 Å². The second-order valence-corrected chi connectivity index (χ2v) is 9.51. The van der Waals surface area contributed by atoms with Crippen molar-refractivity contribution in [2.24, 2.45) is 0 Å². The fourth-order valence-electron chi connectivity index (χ4n) is 2.70. The zero-order valence-electron chi connectivity index (χ0n) is 16.6. The number of methoxy groups -OCH3 is 1. The van der Waals surface area contributed by atoms with Crippen molar-refractivity contribution in [3.05, 3.63) is 46.8 Å². The molecule has 1 aromatic carbocycles. The molecule has 2 amide bonds. The van der Waals surface area contributed by atoms with Gasteiger partial charge in [0.25, 0.3) is 10.0 Å². The van der Waals surface area contributed by atoms with E-state index < -0.39 is 10.0 Å². The molecule has 0 atom stereocenters. The van der Waals surface area contributed by atoms with E-state index in [1.54, 1.807) is 31.2 Å². The summed E-state index contributed by atoms with van der Waals surface area (Å²) in [5.41, 5.74) is 0.959. The van der Waals surface area contributed by atoms with E-state index in [9.17, 15) is 13.2 Å². The van der Waals surface area contributed by atoms with E-state index in [0.29, 0.717) is 23.8 Å². The number of benzene rings is 1. The average molecular weight is 426 g/mol. The van der Waals surface area contributed by atoms with Gasteiger partial charge < -0.3 is 15.0 Å². The van der Waals surface area contributed by atoms with E-state index in [4.69, 9.17) is 4.74 Å². The van der Waals surface area contributed by atoms with Crippen molar-refractivity contribution in [3.8, 4) is 5.75 Å². The molecular weight excluding hydrogens is 398 g/mol. The molecule has 28 heavy (non-hydrogen) atoms. The molecule has 154 valence electrons. The smallest absolute Gasteiger partial charge is 0.317 e. The van der Waals surface area contributed by atoms with Crippen LogP contribution in [0.1, 0.15) is 24.3 Å². The van der Waals surface area contributed by atoms with Crippen molar-refractivity contribution in [3.63, 3.8) is 0 Å². The van der Waals surface area contributed by atoms with Crippen molar-refractivity contribution in [1.82, 2.24) is 14.5 Å². The molecule has 0 aliphatic rings. The number of sulfonamides is 1. The maximum absolute atomic E-state index is 12.5. The van der Waals surface area contributed by atoms with Crippen LogP contribution in [0.25, 0.3) is 0 Å². The number of nitrogens with zero attached hydrogens (tertiary/aromatic N) is 2. The first kappa shape index (κ1) is 22.2. The summed E-state index contributed by atoms with van der Waals surface area (Å²) < 4.78 is 32.0. The van der Waals surface area contributed by atoms with Gasteiger partial charge in [-0.15, -0.1) is 11.3 Å². The quantitative estimate of drug-likeness (QED) is 0.669. The van der Waals surface area contributed by atoms with Gasteiger partial charge in [-0.25, -0.2) is 13.2 Å². The number of hydrogen-bond acceptors (Lipinski definition) is 5. The predicted octanol–water partition coefficient (Wildman–Crippen LogP) is 3.13. The molecule has 1 N–H and O–H groups in total. The fourth-order valence-corrected chi connectivity index (χ4v) is 5.60. The molecule has 0 saturated carbocycles. The summed E-state index contributed by atoms with van der Waals surface area (Å²) >= 11 is 1.18. The Morgan fingerprint density at radius 2 is 1.89 bits per heavy atom. The first-order valence-electron chi connectivity index (χ1n) is 9.02. The largest absolute Gasteiger partial charge is 0.497 e. The third-order valence-corrected chi connectivity index (χ3v) is 7.85.